The third-order valence-electron chi connectivity index (χ3n) is 0.832. The van der Waals surface area contributed by atoms with Crippen molar-refractivity contribution in [1.29, 1.82) is 0 Å². The molecule has 1 N–H and O–H groups in total. The molecule has 1 aromatic rings. The molecule has 0 aromatic carbocycles. The summed E-state index contributed by atoms with van der Waals surface area (Å²) < 4.78 is 11.9. The summed E-state index contributed by atoms with van der Waals surface area (Å²) in [5.41, 5.74) is 0. The van der Waals surface area contributed by atoms with Gasteiger partial charge < -0.3 is 10.1 Å². The van der Waals surface area contributed by atoms with Crippen LogP contribution in [0.2, 0.25) is 0 Å². The number of nitro groups is 1. The third-order valence-corrected chi connectivity index (χ3v) is 0.832. The highest BCUT2D eigenvalue weighted by Crippen LogP contribution is 2.07. The quantitative estimate of drug-likeness (QED) is 0.456. The van der Waals surface area contributed by atoms with Crippen molar-refractivity contribution in [1.82, 2.24) is 4.98 Å². The monoisotopic (exact) mass is 130 g/mol. The van der Waals surface area contributed by atoms with Crippen LogP contribution in [0.15, 0.2) is 12.1 Å². The standard InChI is InChI=1S/C4H3FN2O2/c5-3-1-2-4(6-3)7(8)9/h1-2,6H. The maximum absolute atomic E-state index is 11.9. The normalized spacial score (nSPS) is 9.44. The van der Waals surface area contributed by atoms with Crippen molar-refractivity contribution >= 4 is 5.82 Å². The van der Waals surface area contributed by atoms with E-state index in [9.17, 15) is 14.5 Å². The molecule has 0 saturated carbocycles. The molecule has 4 nitrogen and oxygen atoms in total. The van der Waals surface area contributed by atoms with Gasteiger partial charge in [-0.15, -0.1) is 0 Å². The van der Waals surface area contributed by atoms with E-state index in [0.29, 0.717) is 0 Å². The van der Waals surface area contributed by atoms with E-state index in [4.69, 9.17) is 0 Å². The molecule has 0 aliphatic rings. The molecule has 0 radical (unpaired) electrons. The van der Waals surface area contributed by atoms with Gasteiger partial charge in [-0.3, -0.25) is 0 Å². The van der Waals surface area contributed by atoms with E-state index < -0.39 is 10.9 Å². The van der Waals surface area contributed by atoms with E-state index in [1.165, 1.54) is 0 Å². The molecule has 0 aliphatic carbocycles. The van der Waals surface area contributed by atoms with Crippen molar-refractivity contribution in [2.75, 3.05) is 0 Å². The lowest BCUT2D eigenvalue weighted by Gasteiger charge is -1.84. The number of hydrogen-bond donors (Lipinski definition) is 1. The predicted molar refractivity (Wildman–Crippen MR) is 27.4 cm³/mol. The van der Waals surface area contributed by atoms with Gasteiger partial charge in [-0.05, 0) is 4.92 Å². The lowest BCUT2D eigenvalue weighted by atomic mass is 10.6. The van der Waals surface area contributed by atoms with E-state index in [1.807, 2.05) is 4.98 Å². The second kappa shape index (κ2) is 1.85. The average molecular weight is 130 g/mol. The average Bonchev–Trinajstić information content (AvgIpc) is 2.14. The van der Waals surface area contributed by atoms with Gasteiger partial charge in [-0.25, -0.2) is 4.98 Å². The van der Waals surface area contributed by atoms with Crippen LogP contribution in [0, 0.1) is 16.1 Å². The third kappa shape index (κ3) is 1.04. The maximum atomic E-state index is 11.9. The smallest absolute Gasteiger partial charge is 0.323 e. The fraction of sp³-hybridized carbons (Fsp3) is 0. The van der Waals surface area contributed by atoms with Gasteiger partial charge in [0.25, 0.3) is 5.95 Å². The molecule has 0 saturated heterocycles. The fourth-order valence-corrected chi connectivity index (χ4v) is 0.464. The number of nitrogens with one attached hydrogen (secondary N) is 1. The Morgan fingerprint density at radius 1 is 1.67 bits per heavy atom. The van der Waals surface area contributed by atoms with E-state index in [0.717, 1.165) is 12.1 Å². The second-order valence-electron chi connectivity index (χ2n) is 1.45. The summed E-state index contributed by atoms with van der Waals surface area (Å²) in [5.74, 6) is -1.02. The number of aromatic nitrogens is 1. The summed E-state index contributed by atoms with van der Waals surface area (Å²) in [6.07, 6.45) is 0. The molecule has 48 valence electrons. The Bertz CT molecular complexity index is 232. The van der Waals surface area contributed by atoms with Crippen molar-refractivity contribution in [3.8, 4) is 0 Å². The SMILES string of the molecule is O=[N+]([O-])c1ccc(F)[nH]1. The summed E-state index contributed by atoms with van der Waals surface area (Å²) in [6.45, 7) is 0. The first-order chi connectivity index (χ1) is 4.20. The van der Waals surface area contributed by atoms with E-state index in [2.05, 4.69) is 0 Å². The fourth-order valence-electron chi connectivity index (χ4n) is 0.464. The lowest BCUT2D eigenvalue weighted by molar-refractivity contribution is -0.389. The predicted octanol–water partition coefficient (Wildman–Crippen LogP) is 1.06. The minimum Gasteiger partial charge on any atom is -0.358 e. The molecule has 1 aromatic heterocycles. The molecular weight excluding hydrogens is 127 g/mol. The van der Waals surface area contributed by atoms with Gasteiger partial charge in [0, 0.05) is 12.1 Å². The Kier molecular flexibility index (Phi) is 1.18. The van der Waals surface area contributed by atoms with Crippen LogP contribution in [0.25, 0.3) is 0 Å². The molecule has 0 bridgehead atoms. The summed E-state index contributed by atoms with van der Waals surface area (Å²) in [6, 6.07) is 2.06. The summed E-state index contributed by atoms with van der Waals surface area (Å²) >= 11 is 0. The van der Waals surface area contributed by atoms with Gasteiger partial charge >= 0.3 is 5.82 Å². The first-order valence-corrected chi connectivity index (χ1v) is 2.19. The van der Waals surface area contributed by atoms with Gasteiger partial charge in [0.05, 0.1) is 0 Å². The molecule has 0 aliphatic heterocycles. The Morgan fingerprint density at radius 2 is 2.33 bits per heavy atom. The Morgan fingerprint density at radius 3 is 2.56 bits per heavy atom. The zero-order chi connectivity index (χ0) is 6.85. The molecule has 5 heteroatoms. The first kappa shape index (κ1) is 5.74. The van der Waals surface area contributed by atoms with E-state index in [-0.39, 0.29) is 5.82 Å². The van der Waals surface area contributed by atoms with Crippen molar-refractivity contribution in [3.63, 3.8) is 0 Å². The van der Waals surface area contributed by atoms with Crippen molar-refractivity contribution in [3.05, 3.63) is 28.2 Å². The first-order valence-electron chi connectivity index (χ1n) is 2.19. The molecule has 1 rings (SSSR count). The van der Waals surface area contributed by atoms with E-state index >= 15 is 0 Å². The highest BCUT2D eigenvalue weighted by molar-refractivity contribution is 5.18. The molecule has 1 heterocycles. The van der Waals surface area contributed by atoms with Crippen molar-refractivity contribution < 1.29 is 9.31 Å². The maximum Gasteiger partial charge on any atom is 0.323 e. The van der Waals surface area contributed by atoms with Crippen LogP contribution in [0.5, 0.6) is 0 Å². The largest absolute Gasteiger partial charge is 0.358 e. The molecular formula is C4H3FN2O2. The minimum absolute atomic E-state index is 0.326. The Balaban J connectivity index is 2.98. The van der Waals surface area contributed by atoms with Crippen LogP contribution >= 0.6 is 0 Å². The highest BCUT2D eigenvalue weighted by Gasteiger charge is 2.05. The van der Waals surface area contributed by atoms with Crippen LogP contribution in [0.3, 0.4) is 0 Å². The molecule has 9 heavy (non-hydrogen) atoms. The molecule has 0 fully saturated rings. The highest BCUT2D eigenvalue weighted by atomic mass is 19.1. The van der Waals surface area contributed by atoms with E-state index in [1.54, 1.807) is 0 Å². The van der Waals surface area contributed by atoms with Crippen LogP contribution in [-0.4, -0.2) is 9.91 Å². The second-order valence-corrected chi connectivity index (χ2v) is 1.45. The minimum atomic E-state index is -0.693. The number of nitrogens with zero attached hydrogens (tertiary/aromatic N) is 1. The van der Waals surface area contributed by atoms with Gasteiger partial charge in [0.15, 0.2) is 0 Å². The molecule has 0 spiro atoms. The number of hydrogen-bond acceptors (Lipinski definition) is 2. The van der Waals surface area contributed by atoms with Gasteiger partial charge in [0.2, 0.25) is 0 Å². The topological polar surface area (TPSA) is 58.9 Å². The zero-order valence-corrected chi connectivity index (χ0v) is 4.30. The zero-order valence-electron chi connectivity index (χ0n) is 4.30. The summed E-state index contributed by atoms with van der Waals surface area (Å²) in [5, 5.41) is 9.82. The van der Waals surface area contributed by atoms with Gasteiger partial charge in [0.1, 0.15) is 0 Å². The molecule has 0 atom stereocenters. The molecule has 0 amide bonds. The van der Waals surface area contributed by atoms with Gasteiger partial charge in [-0.1, -0.05) is 0 Å². The van der Waals surface area contributed by atoms with Crippen LogP contribution in [0.1, 0.15) is 0 Å². The van der Waals surface area contributed by atoms with Crippen LogP contribution in [-0.2, 0) is 0 Å². The number of H-pyrrole nitrogens is 1. The number of aromatic amines is 1. The molecule has 0 unspecified atom stereocenters. The van der Waals surface area contributed by atoms with Crippen molar-refractivity contribution in [2.24, 2.45) is 0 Å². The number of halogens is 1. The van der Waals surface area contributed by atoms with Crippen LogP contribution in [0.4, 0.5) is 10.2 Å². The Labute approximate surface area is 49.5 Å². The van der Waals surface area contributed by atoms with Crippen molar-refractivity contribution in [2.45, 2.75) is 0 Å². The Hall–Kier alpha value is -1.39. The number of rotatable bonds is 1. The summed E-state index contributed by atoms with van der Waals surface area (Å²) in [4.78, 5) is 11.0. The lowest BCUT2D eigenvalue weighted by Crippen LogP contribution is -1.86. The summed E-state index contributed by atoms with van der Waals surface area (Å²) in [7, 11) is 0. The van der Waals surface area contributed by atoms with Gasteiger partial charge in [-0.2, -0.15) is 4.39 Å². The van der Waals surface area contributed by atoms with Crippen LogP contribution < -0.4 is 0 Å².